The molecule has 1 unspecified atom stereocenters. The van der Waals surface area contributed by atoms with Gasteiger partial charge in [0.15, 0.2) is 0 Å². The Balaban J connectivity index is 2.81. The minimum atomic E-state index is -3.55. The molecule has 1 heterocycles. The van der Waals surface area contributed by atoms with Crippen molar-refractivity contribution in [2.24, 2.45) is 0 Å². The molecule has 29 heavy (non-hydrogen) atoms. The summed E-state index contributed by atoms with van der Waals surface area (Å²) in [5.41, 5.74) is 2.18. The smallest absolute Gasteiger partial charge is 0.348 e. The Bertz CT molecular complexity index is 943. The van der Waals surface area contributed by atoms with E-state index >= 15 is 0 Å². The molecule has 7 heteroatoms. The molecule has 1 N–H and O–H groups in total. The average Bonchev–Trinajstić information content (AvgIpc) is 2.99. The highest BCUT2D eigenvalue weighted by atomic mass is 32.1. The van der Waals surface area contributed by atoms with Crippen LogP contribution in [0.25, 0.3) is 0 Å². The van der Waals surface area contributed by atoms with E-state index < -0.39 is 13.5 Å². The normalized spacial score (nSPS) is 14.1. The van der Waals surface area contributed by atoms with Crippen molar-refractivity contribution in [1.82, 2.24) is 0 Å². The molecule has 5 nitrogen and oxygen atoms in total. The molecule has 0 saturated heterocycles. The van der Waals surface area contributed by atoms with Crippen LogP contribution in [0.4, 0.5) is 5.69 Å². The first-order valence-electron chi connectivity index (χ1n) is 9.82. The Hall–Kier alpha value is -1.62. The number of aromatic carboxylic acids is 1. The van der Waals surface area contributed by atoms with E-state index in [0.29, 0.717) is 11.0 Å². The van der Waals surface area contributed by atoms with Crippen LogP contribution in [0.2, 0.25) is 0 Å². The van der Waals surface area contributed by atoms with E-state index in [2.05, 4.69) is 0 Å². The third kappa shape index (κ3) is 4.76. The standard InChI is InChI=1S/C22H32NO4PS/c1-9-27-28(26,18-11-10-15(4)12-16(18)5)23(14(2)3)17-13-19(22(6,7)8)29-20(17)21(24)25/h10-14H,9H2,1-8H3,(H,24,25). The van der Waals surface area contributed by atoms with Gasteiger partial charge in [0.1, 0.15) is 4.88 Å². The molecule has 2 rings (SSSR count). The molecule has 0 fully saturated rings. The van der Waals surface area contributed by atoms with Crippen LogP contribution in [0.1, 0.15) is 67.2 Å². The largest absolute Gasteiger partial charge is 0.477 e. The lowest BCUT2D eigenvalue weighted by molar-refractivity contribution is 0.0703. The van der Waals surface area contributed by atoms with Crippen LogP contribution in [0.3, 0.4) is 0 Å². The summed E-state index contributed by atoms with van der Waals surface area (Å²) in [6.45, 7) is 15.9. The first kappa shape index (κ1) is 23.7. The van der Waals surface area contributed by atoms with Crippen LogP contribution in [0, 0.1) is 13.8 Å². The fourth-order valence-electron chi connectivity index (χ4n) is 3.34. The van der Waals surface area contributed by atoms with E-state index in [1.54, 1.807) is 11.6 Å². The summed E-state index contributed by atoms with van der Waals surface area (Å²) in [4.78, 5) is 13.2. The topological polar surface area (TPSA) is 66.8 Å². The van der Waals surface area contributed by atoms with Crippen LogP contribution in [-0.2, 0) is 14.5 Å². The van der Waals surface area contributed by atoms with Crippen molar-refractivity contribution in [3.8, 4) is 0 Å². The van der Waals surface area contributed by atoms with Gasteiger partial charge in [0.2, 0.25) is 0 Å². The Morgan fingerprint density at radius 2 is 1.86 bits per heavy atom. The zero-order valence-electron chi connectivity index (χ0n) is 18.6. The van der Waals surface area contributed by atoms with Crippen molar-refractivity contribution < 1.29 is 19.0 Å². The van der Waals surface area contributed by atoms with Crippen molar-refractivity contribution in [1.29, 1.82) is 0 Å². The van der Waals surface area contributed by atoms with Gasteiger partial charge in [0, 0.05) is 10.9 Å². The SMILES string of the molecule is CCOP(=O)(c1ccc(C)cc1C)N(c1cc(C(C)(C)C)sc1C(=O)O)C(C)C. The molecule has 0 spiro atoms. The minimum Gasteiger partial charge on any atom is -0.477 e. The molecule has 0 aliphatic rings. The van der Waals surface area contributed by atoms with Crippen molar-refractivity contribution >= 4 is 35.8 Å². The number of hydrogen-bond acceptors (Lipinski definition) is 4. The highest BCUT2D eigenvalue weighted by molar-refractivity contribution is 7.68. The number of benzene rings is 1. The monoisotopic (exact) mass is 437 g/mol. The molecular weight excluding hydrogens is 405 g/mol. The molecule has 0 aliphatic carbocycles. The third-order valence-electron chi connectivity index (χ3n) is 4.63. The number of carboxylic acid groups (broad SMARTS) is 1. The van der Waals surface area contributed by atoms with Gasteiger partial charge in [-0.25, -0.2) is 4.79 Å². The summed E-state index contributed by atoms with van der Waals surface area (Å²) in [5.74, 6) is -1.02. The predicted octanol–water partition coefficient (Wildman–Crippen LogP) is 6.13. The summed E-state index contributed by atoms with van der Waals surface area (Å²) in [6.07, 6.45) is 0. The first-order valence-corrected chi connectivity index (χ1v) is 12.2. The maximum atomic E-state index is 14.4. The molecule has 0 bridgehead atoms. The summed E-state index contributed by atoms with van der Waals surface area (Å²) in [7, 11) is -3.55. The van der Waals surface area contributed by atoms with E-state index in [-0.39, 0.29) is 22.9 Å². The van der Waals surface area contributed by atoms with E-state index in [0.717, 1.165) is 16.0 Å². The maximum absolute atomic E-state index is 14.4. The van der Waals surface area contributed by atoms with Crippen molar-refractivity contribution in [3.05, 3.63) is 45.1 Å². The van der Waals surface area contributed by atoms with Gasteiger partial charge in [-0.2, -0.15) is 0 Å². The van der Waals surface area contributed by atoms with Crippen molar-refractivity contribution in [3.63, 3.8) is 0 Å². The van der Waals surface area contributed by atoms with Crippen LogP contribution in [-0.4, -0.2) is 23.7 Å². The summed E-state index contributed by atoms with van der Waals surface area (Å²) in [5, 5.41) is 10.5. The van der Waals surface area contributed by atoms with Gasteiger partial charge >= 0.3 is 13.5 Å². The lowest BCUT2D eigenvalue weighted by Gasteiger charge is -2.36. The van der Waals surface area contributed by atoms with Gasteiger partial charge in [0.25, 0.3) is 0 Å². The molecule has 0 saturated carbocycles. The number of thiophene rings is 1. The molecular formula is C22H32NO4PS. The quantitative estimate of drug-likeness (QED) is 0.528. The van der Waals surface area contributed by atoms with Crippen LogP contribution in [0.15, 0.2) is 24.3 Å². The Kier molecular flexibility index (Phi) is 7.04. The molecule has 0 radical (unpaired) electrons. The van der Waals surface area contributed by atoms with Gasteiger partial charge < -0.3 is 9.63 Å². The number of carbonyl (C=O) groups is 1. The molecule has 0 aliphatic heterocycles. The second-order valence-electron chi connectivity index (χ2n) is 8.55. The first-order chi connectivity index (χ1) is 13.3. The van der Waals surface area contributed by atoms with E-state index in [9.17, 15) is 14.5 Å². The fraction of sp³-hybridized carbons (Fsp3) is 0.500. The zero-order valence-corrected chi connectivity index (χ0v) is 20.3. The lowest BCUT2D eigenvalue weighted by atomic mass is 9.94. The second-order valence-corrected chi connectivity index (χ2v) is 11.8. The number of anilines is 1. The zero-order chi connectivity index (χ0) is 22.1. The molecule has 1 aromatic heterocycles. The third-order valence-corrected chi connectivity index (χ3v) is 9.13. The average molecular weight is 438 g/mol. The molecule has 160 valence electrons. The van der Waals surface area contributed by atoms with Crippen LogP contribution < -0.4 is 9.97 Å². The fourth-order valence-corrected chi connectivity index (χ4v) is 7.13. The summed E-state index contributed by atoms with van der Waals surface area (Å²) < 4.78 is 22.1. The van der Waals surface area contributed by atoms with Crippen LogP contribution >= 0.6 is 18.9 Å². The van der Waals surface area contributed by atoms with E-state index in [1.807, 2.05) is 72.7 Å². The van der Waals surface area contributed by atoms with Gasteiger partial charge in [-0.1, -0.05) is 38.5 Å². The Morgan fingerprint density at radius 1 is 1.24 bits per heavy atom. The Labute approximate surface area is 178 Å². The van der Waals surface area contributed by atoms with Crippen molar-refractivity contribution in [2.45, 2.75) is 66.8 Å². The molecule has 2 aromatic rings. The molecule has 1 atom stereocenters. The van der Waals surface area contributed by atoms with Crippen molar-refractivity contribution in [2.75, 3.05) is 11.3 Å². The Morgan fingerprint density at radius 3 is 2.31 bits per heavy atom. The van der Waals surface area contributed by atoms with Gasteiger partial charge in [0.05, 0.1) is 17.6 Å². The van der Waals surface area contributed by atoms with Gasteiger partial charge in [-0.3, -0.25) is 9.24 Å². The molecule has 0 amide bonds. The van der Waals surface area contributed by atoms with Crippen LogP contribution in [0.5, 0.6) is 0 Å². The lowest BCUT2D eigenvalue weighted by Crippen LogP contribution is -2.34. The van der Waals surface area contributed by atoms with Gasteiger partial charge in [-0.05, 0) is 57.7 Å². The number of hydrogen-bond donors (Lipinski definition) is 1. The maximum Gasteiger partial charge on any atom is 0.348 e. The number of rotatable bonds is 7. The van der Waals surface area contributed by atoms with E-state index in [4.69, 9.17) is 4.52 Å². The number of carboxylic acids is 1. The minimum absolute atomic E-state index is 0.188. The highest BCUT2D eigenvalue weighted by Gasteiger charge is 2.40. The summed E-state index contributed by atoms with van der Waals surface area (Å²) in [6, 6.07) is 7.37. The number of nitrogens with zero attached hydrogens (tertiary/aromatic N) is 1. The summed E-state index contributed by atoms with van der Waals surface area (Å²) >= 11 is 1.24. The predicted molar refractivity (Wildman–Crippen MR) is 122 cm³/mol. The van der Waals surface area contributed by atoms with Gasteiger partial charge in [-0.15, -0.1) is 11.3 Å². The highest BCUT2D eigenvalue weighted by Crippen LogP contribution is 2.56. The molecule has 1 aromatic carbocycles. The second kappa shape index (κ2) is 8.63. The van der Waals surface area contributed by atoms with E-state index in [1.165, 1.54) is 11.3 Å². The number of aryl methyl sites for hydroxylation is 2.